The third-order valence-corrected chi connectivity index (χ3v) is 4.53. The number of hydrogen-bond acceptors (Lipinski definition) is 2. The fourth-order valence-corrected chi connectivity index (χ4v) is 3.12. The number of ether oxygens (including phenoxy) is 2. The molecule has 2 rings (SSSR count). The first-order valence-corrected chi connectivity index (χ1v) is 8.52. The zero-order valence-electron chi connectivity index (χ0n) is 14.2. The maximum absolute atomic E-state index is 5.77. The Balaban J connectivity index is 2.15. The lowest BCUT2D eigenvalue weighted by Gasteiger charge is -2.19. The molecule has 1 saturated heterocycles. The SMILES string of the molecule is CCOc1ccc(C(CC)CC2OC2CC)cc1C(C)C. The molecule has 0 amide bonds. The predicted molar refractivity (Wildman–Crippen MR) is 88.3 cm³/mol. The lowest BCUT2D eigenvalue weighted by atomic mass is 9.88. The van der Waals surface area contributed by atoms with Crippen LogP contribution in [0.1, 0.15) is 76.8 Å². The Hall–Kier alpha value is -1.02. The van der Waals surface area contributed by atoms with Gasteiger partial charge < -0.3 is 9.47 Å². The molecular weight excluding hydrogens is 260 g/mol. The molecule has 1 aromatic rings. The van der Waals surface area contributed by atoms with Crippen LogP contribution < -0.4 is 4.74 Å². The topological polar surface area (TPSA) is 21.8 Å². The zero-order valence-corrected chi connectivity index (χ0v) is 14.2. The van der Waals surface area contributed by atoms with E-state index in [0.717, 1.165) is 25.2 Å². The highest BCUT2D eigenvalue weighted by atomic mass is 16.6. The van der Waals surface area contributed by atoms with Crippen molar-refractivity contribution in [3.63, 3.8) is 0 Å². The molecule has 0 radical (unpaired) electrons. The van der Waals surface area contributed by atoms with Crippen LogP contribution in [0.5, 0.6) is 5.75 Å². The van der Waals surface area contributed by atoms with Crippen molar-refractivity contribution in [1.82, 2.24) is 0 Å². The molecule has 1 heterocycles. The van der Waals surface area contributed by atoms with Gasteiger partial charge in [-0.2, -0.15) is 0 Å². The maximum Gasteiger partial charge on any atom is 0.122 e. The van der Waals surface area contributed by atoms with E-state index >= 15 is 0 Å². The van der Waals surface area contributed by atoms with Crippen molar-refractivity contribution in [2.24, 2.45) is 0 Å². The van der Waals surface area contributed by atoms with E-state index in [1.807, 2.05) is 6.92 Å². The van der Waals surface area contributed by atoms with Crippen molar-refractivity contribution in [2.75, 3.05) is 6.61 Å². The lowest BCUT2D eigenvalue weighted by Crippen LogP contribution is -2.06. The molecule has 0 bridgehead atoms. The van der Waals surface area contributed by atoms with Gasteiger partial charge in [-0.25, -0.2) is 0 Å². The molecule has 1 aromatic carbocycles. The molecule has 2 heteroatoms. The van der Waals surface area contributed by atoms with Gasteiger partial charge in [0, 0.05) is 0 Å². The van der Waals surface area contributed by atoms with E-state index in [2.05, 4.69) is 45.9 Å². The number of benzene rings is 1. The number of rotatable bonds is 8. The van der Waals surface area contributed by atoms with Crippen molar-refractivity contribution < 1.29 is 9.47 Å². The van der Waals surface area contributed by atoms with Gasteiger partial charge in [0.05, 0.1) is 18.8 Å². The fourth-order valence-electron chi connectivity index (χ4n) is 3.12. The normalized spacial score (nSPS) is 22.4. The summed E-state index contributed by atoms with van der Waals surface area (Å²) < 4.78 is 11.5. The van der Waals surface area contributed by atoms with Crippen LogP contribution in [-0.4, -0.2) is 18.8 Å². The van der Waals surface area contributed by atoms with Crippen LogP contribution >= 0.6 is 0 Å². The van der Waals surface area contributed by atoms with Crippen LogP contribution in [0.2, 0.25) is 0 Å². The Morgan fingerprint density at radius 3 is 2.43 bits per heavy atom. The van der Waals surface area contributed by atoms with Crippen LogP contribution in [-0.2, 0) is 4.74 Å². The standard InChI is InChI=1S/C19H30O2/c1-6-14(12-19-17(7-2)21-19)15-9-10-18(20-8-3)16(11-15)13(4)5/h9-11,13-14,17,19H,6-8,12H2,1-5H3. The van der Waals surface area contributed by atoms with Gasteiger partial charge in [0.2, 0.25) is 0 Å². The molecule has 2 nitrogen and oxygen atoms in total. The van der Waals surface area contributed by atoms with Crippen molar-refractivity contribution >= 4 is 0 Å². The van der Waals surface area contributed by atoms with E-state index in [-0.39, 0.29) is 0 Å². The summed E-state index contributed by atoms with van der Waals surface area (Å²) in [6, 6.07) is 6.75. The van der Waals surface area contributed by atoms with Gasteiger partial charge in [0.15, 0.2) is 0 Å². The van der Waals surface area contributed by atoms with Crippen LogP contribution in [0.15, 0.2) is 18.2 Å². The number of epoxide rings is 1. The molecule has 118 valence electrons. The van der Waals surface area contributed by atoms with Crippen molar-refractivity contribution in [2.45, 2.75) is 77.9 Å². The van der Waals surface area contributed by atoms with E-state index < -0.39 is 0 Å². The van der Waals surface area contributed by atoms with Crippen LogP contribution in [0.3, 0.4) is 0 Å². The molecule has 3 unspecified atom stereocenters. The van der Waals surface area contributed by atoms with Gasteiger partial charge >= 0.3 is 0 Å². The molecule has 0 saturated carbocycles. The highest BCUT2D eigenvalue weighted by Crippen LogP contribution is 2.38. The summed E-state index contributed by atoms with van der Waals surface area (Å²) in [7, 11) is 0. The van der Waals surface area contributed by atoms with E-state index in [4.69, 9.17) is 9.47 Å². The fraction of sp³-hybridized carbons (Fsp3) is 0.684. The van der Waals surface area contributed by atoms with Crippen LogP contribution in [0.4, 0.5) is 0 Å². The summed E-state index contributed by atoms with van der Waals surface area (Å²) in [6.45, 7) is 11.7. The molecule has 1 aliphatic heterocycles. The Labute approximate surface area is 129 Å². The van der Waals surface area contributed by atoms with E-state index in [0.29, 0.717) is 24.0 Å². The minimum absolute atomic E-state index is 0.481. The maximum atomic E-state index is 5.77. The van der Waals surface area contributed by atoms with E-state index in [1.165, 1.54) is 17.5 Å². The summed E-state index contributed by atoms with van der Waals surface area (Å²) >= 11 is 0. The molecule has 0 aromatic heterocycles. The van der Waals surface area contributed by atoms with Gasteiger partial charge in [-0.3, -0.25) is 0 Å². The smallest absolute Gasteiger partial charge is 0.122 e. The van der Waals surface area contributed by atoms with E-state index in [9.17, 15) is 0 Å². The second-order valence-corrected chi connectivity index (χ2v) is 6.35. The Morgan fingerprint density at radius 2 is 1.90 bits per heavy atom. The molecular formula is C19H30O2. The average Bonchev–Trinajstić information content (AvgIpc) is 3.23. The van der Waals surface area contributed by atoms with Crippen molar-refractivity contribution in [3.05, 3.63) is 29.3 Å². The largest absolute Gasteiger partial charge is 0.494 e. The minimum Gasteiger partial charge on any atom is -0.494 e. The van der Waals surface area contributed by atoms with Gasteiger partial charge in [-0.15, -0.1) is 0 Å². The molecule has 1 fully saturated rings. The second kappa shape index (κ2) is 7.31. The second-order valence-electron chi connectivity index (χ2n) is 6.35. The monoisotopic (exact) mass is 290 g/mol. The molecule has 3 atom stereocenters. The third-order valence-electron chi connectivity index (χ3n) is 4.53. The molecule has 0 N–H and O–H groups in total. The molecule has 0 spiro atoms. The van der Waals surface area contributed by atoms with Crippen molar-refractivity contribution in [1.29, 1.82) is 0 Å². The first-order chi connectivity index (χ1) is 10.1. The van der Waals surface area contributed by atoms with Gasteiger partial charge in [-0.05, 0) is 55.2 Å². The Bertz CT molecular complexity index is 453. The molecule has 21 heavy (non-hydrogen) atoms. The summed E-state index contributed by atoms with van der Waals surface area (Å²) in [5.74, 6) is 2.13. The molecule has 0 aliphatic carbocycles. The lowest BCUT2D eigenvalue weighted by molar-refractivity contribution is 0.334. The van der Waals surface area contributed by atoms with Crippen LogP contribution in [0, 0.1) is 0 Å². The first kappa shape index (κ1) is 16.4. The highest BCUT2D eigenvalue weighted by Gasteiger charge is 2.38. The first-order valence-electron chi connectivity index (χ1n) is 8.52. The Morgan fingerprint density at radius 1 is 1.14 bits per heavy atom. The Kier molecular flexibility index (Phi) is 5.69. The molecule has 1 aliphatic rings. The van der Waals surface area contributed by atoms with Gasteiger partial charge in [-0.1, -0.05) is 39.8 Å². The summed E-state index contributed by atoms with van der Waals surface area (Å²) in [6.07, 6.45) is 4.45. The quantitative estimate of drug-likeness (QED) is 0.608. The van der Waals surface area contributed by atoms with E-state index in [1.54, 1.807) is 0 Å². The average molecular weight is 290 g/mol. The third kappa shape index (κ3) is 4.00. The minimum atomic E-state index is 0.481. The van der Waals surface area contributed by atoms with Gasteiger partial charge in [0.25, 0.3) is 0 Å². The summed E-state index contributed by atoms with van der Waals surface area (Å²) in [5, 5.41) is 0. The summed E-state index contributed by atoms with van der Waals surface area (Å²) in [5.41, 5.74) is 2.77. The predicted octanol–water partition coefficient (Wildman–Crippen LogP) is 5.27. The highest BCUT2D eigenvalue weighted by molar-refractivity contribution is 5.40. The van der Waals surface area contributed by atoms with Gasteiger partial charge in [0.1, 0.15) is 5.75 Å². The van der Waals surface area contributed by atoms with Crippen LogP contribution in [0.25, 0.3) is 0 Å². The summed E-state index contributed by atoms with van der Waals surface area (Å²) in [4.78, 5) is 0. The number of hydrogen-bond donors (Lipinski definition) is 0. The van der Waals surface area contributed by atoms with Crippen molar-refractivity contribution in [3.8, 4) is 5.75 Å². The zero-order chi connectivity index (χ0) is 15.4.